The minimum Gasteiger partial charge on any atom is -0.454 e. The van der Waals surface area contributed by atoms with E-state index in [9.17, 15) is 35.1 Å². The number of aliphatic hydroxyl groups is 5. The molecule has 1 heterocycles. The van der Waals surface area contributed by atoms with Crippen molar-refractivity contribution in [1.82, 2.24) is 5.32 Å². The second-order valence-electron chi connectivity index (χ2n) is 20.3. The van der Waals surface area contributed by atoms with E-state index in [4.69, 9.17) is 14.2 Å². The fourth-order valence-corrected chi connectivity index (χ4v) is 8.78. The Bertz CT molecular complexity index is 1520. The lowest BCUT2D eigenvalue weighted by atomic mass is 9.99. The number of hydrogen-bond acceptors (Lipinski definition) is 10. The summed E-state index contributed by atoms with van der Waals surface area (Å²) in [7, 11) is 0. The maximum Gasteiger partial charge on any atom is 0.306 e. The first-order chi connectivity index (χ1) is 36.2. The van der Waals surface area contributed by atoms with Gasteiger partial charge in [0, 0.05) is 6.42 Å². The third-order valence-electron chi connectivity index (χ3n) is 13.5. The van der Waals surface area contributed by atoms with Crippen LogP contribution in [0.3, 0.4) is 0 Å². The Morgan fingerprint density at radius 1 is 0.541 bits per heavy atom. The quantitative estimate of drug-likeness (QED) is 0.0195. The lowest BCUT2D eigenvalue weighted by Gasteiger charge is -2.41. The van der Waals surface area contributed by atoms with Crippen LogP contribution in [-0.2, 0) is 23.8 Å². The molecule has 0 aliphatic carbocycles. The molecule has 6 N–H and O–H groups in total. The Morgan fingerprint density at radius 3 is 1.51 bits per heavy atom. The Kier molecular flexibility index (Phi) is 47.1. The summed E-state index contributed by atoms with van der Waals surface area (Å²) in [6, 6.07) is -1.03. The van der Waals surface area contributed by atoms with Gasteiger partial charge in [-0.15, -0.1) is 0 Å². The number of rotatable bonds is 49. The molecule has 0 bridgehead atoms. The van der Waals surface area contributed by atoms with Crippen molar-refractivity contribution in [3.63, 3.8) is 0 Å². The summed E-state index contributed by atoms with van der Waals surface area (Å²) < 4.78 is 17.6. The second-order valence-corrected chi connectivity index (χ2v) is 20.3. The molecule has 11 heteroatoms. The van der Waals surface area contributed by atoms with Crippen LogP contribution in [0.25, 0.3) is 0 Å². The first-order valence-corrected chi connectivity index (χ1v) is 29.9. The minimum atomic E-state index is -1.62. The van der Waals surface area contributed by atoms with Crippen LogP contribution in [0.4, 0.5) is 0 Å². The third-order valence-corrected chi connectivity index (χ3v) is 13.5. The molecular formula is C63H109NO10. The van der Waals surface area contributed by atoms with Crippen molar-refractivity contribution in [3.05, 3.63) is 85.1 Å². The Morgan fingerprint density at radius 2 is 0.986 bits per heavy atom. The van der Waals surface area contributed by atoms with Gasteiger partial charge in [-0.2, -0.15) is 0 Å². The smallest absolute Gasteiger partial charge is 0.306 e. The molecule has 0 aromatic carbocycles. The maximum atomic E-state index is 13.3. The number of unbranched alkanes of at least 4 members (excludes halogenated alkanes) is 23. The number of aliphatic hydroxyl groups excluding tert-OH is 5. The van der Waals surface area contributed by atoms with E-state index in [1.54, 1.807) is 6.08 Å². The van der Waals surface area contributed by atoms with Crippen LogP contribution in [-0.4, -0.2) is 99.6 Å². The third kappa shape index (κ3) is 38.4. The SMILES string of the molecule is CC/C=C\C/C=C\C/C=C\C/C=C\C/C=C\CCCCCCCCCC(=O)OC1C(OCC(NC(=O)C(O)CCCCCC/C=C\CCCC)C(O)/C=C/CCCCCCCCCCCC)OC(CO)C(O)C1O. The van der Waals surface area contributed by atoms with Crippen LogP contribution in [0, 0.1) is 0 Å². The Balaban J connectivity index is 2.65. The standard InChI is InChI=1S/C63H109NO10/c1-4-7-10-13-16-19-22-24-25-26-27-28-29-30-31-32-33-34-36-39-42-45-48-51-58(68)74-61-60(70)59(69)57(52-65)73-63(61)72-53-54(55(66)49-46-43-40-38-35-23-20-17-14-11-8-5-2)64-62(71)56(67)50-47-44-41-37-21-18-15-12-9-6-3/h7,10,15-16,18-19,24-25,27-28,30-31,46,49,54-57,59-61,63,65-67,69-70H,4-6,8-9,11-14,17,20-23,26,29,32-45,47-48,50-53H2,1-3H3,(H,64,71)/b10-7-,18-15-,19-16-,25-24-,28-27-,31-30-,49-46+. The van der Waals surface area contributed by atoms with Crippen LogP contribution >= 0.6 is 0 Å². The minimum absolute atomic E-state index is 0.106. The molecule has 0 aromatic heterocycles. The highest BCUT2D eigenvalue weighted by atomic mass is 16.7. The lowest BCUT2D eigenvalue weighted by molar-refractivity contribution is -0.305. The van der Waals surface area contributed by atoms with Gasteiger partial charge in [-0.1, -0.05) is 228 Å². The van der Waals surface area contributed by atoms with Crippen molar-refractivity contribution in [2.45, 2.75) is 288 Å². The zero-order valence-electron chi connectivity index (χ0n) is 46.9. The van der Waals surface area contributed by atoms with Crippen molar-refractivity contribution in [3.8, 4) is 0 Å². The van der Waals surface area contributed by atoms with Gasteiger partial charge in [-0.3, -0.25) is 9.59 Å². The maximum absolute atomic E-state index is 13.3. The predicted octanol–water partition coefficient (Wildman–Crippen LogP) is 13.8. The summed E-state index contributed by atoms with van der Waals surface area (Å²) in [5.74, 6) is -1.22. The highest BCUT2D eigenvalue weighted by Gasteiger charge is 2.47. The molecule has 74 heavy (non-hydrogen) atoms. The van der Waals surface area contributed by atoms with Gasteiger partial charge in [0.05, 0.1) is 25.4 Å². The highest BCUT2D eigenvalue weighted by Crippen LogP contribution is 2.26. The van der Waals surface area contributed by atoms with Gasteiger partial charge in [0.1, 0.15) is 24.4 Å². The molecule has 0 aromatic rings. The summed E-state index contributed by atoms with van der Waals surface area (Å²) in [5, 5.41) is 56.8. The van der Waals surface area contributed by atoms with E-state index in [0.717, 1.165) is 128 Å². The molecule has 0 radical (unpaired) electrons. The zero-order chi connectivity index (χ0) is 54.0. The molecule has 0 saturated carbocycles. The second kappa shape index (κ2) is 50.6. The van der Waals surface area contributed by atoms with E-state index in [2.05, 4.69) is 99.0 Å². The number of carbonyl (C=O) groups excluding carboxylic acids is 2. The summed E-state index contributed by atoms with van der Waals surface area (Å²) in [4.78, 5) is 26.4. The highest BCUT2D eigenvalue weighted by molar-refractivity contribution is 5.80. The van der Waals surface area contributed by atoms with E-state index in [1.807, 2.05) is 6.08 Å². The molecule has 8 unspecified atom stereocenters. The molecule has 426 valence electrons. The van der Waals surface area contributed by atoms with E-state index < -0.39 is 67.4 Å². The Labute approximate surface area is 451 Å². The number of esters is 1. The number of hydrogen-bond donors (Lipinski definition) is 6. The van der Waals surface area contributed by atoms with E-state index in [-0.39, 0.29) is 19.4 Å². The van der Waals surface area contributed by atoms with Crippen LogP contribution < -0.4 is 5.32 Å². The van der Waals surface area contributed by atoms with E-state index in [1.165, 1.54) is 64.2 Å². The normalized spacial score (nSPS) is 19.9. The number of ether oxygens (including phenoxy) is 3. The van der Waals surface area contributed by atoms with Crippen molar-refractivity contribution >= 4 is 11.9 Å². The predicted molar refractivity (Wildman–Crippen MR) is 306 cm³/mol. The molecule has 1 amide bonds. The van der Waals surface area contributed by atoms with Crippen LogP contribution in [0.5, 0.6) is 0 Å². The lowest BCUT2D eigenvalue weighted by Crippen LogP contribution is -2.61. The molecule has 1 aliphatic heterocycles. The first kappa shape index (κ1) is 68.9. The fraction of sp³-hybridized carbons (Fsp3) is 0.746. The molecular weight excluding hydrogens is 931 g/mol. The molecule has 8 atom stereocenters. The first-order valence-electron chi connectivity index (χ1n) is 29.9. The average Bonchev–Trinajstić information content (AvgIpc) is 3.40. The number of nitrogens with one attached hydrogen (secondary N) is 1. The summed E-state index contributed by atoms with van der Waals surface area (Å²) in [5.41, 5.74) is 0. The van der Waals surface area contributed by atoms with E-state index >= 15 is 0 Å². The molecule has 0 spiro atoms. The fourth-order valence-electron chi connectivity index (χ4n) is 8.78. The van der Waals surface area contributed by atoms with Crippen LogP contribution in [0.2, 0.25) is 0 Å². The van der Waals surface area contributed by atoms with Crippen molar-refractivity contribution in [1.29, 1.82) is 0 Å². The summed E-state index contributed by atoms with van der Waals surface area (Å²) in [6.45, 7) is 5.60. The van der Waals surface area contributed by atoms with Crippen LogP contribution in [0.15, 0.2) is 85.1 Å². The molecule has 1 rings (SSSR count). The van der Waals surface area contributed by atoms with E-state index in [0.29, 0.717) is 12.8 Å². The van der Waals surface area contributed by atoms with Crippen molar-refractivity contribution in [2.75, 3.05) is 13.2 Å². The number of amides is 1. The van der Waals surface area contributed by atoms with Gasteiger partial charge in [-0.25, -0.2) is 0 Å². The van der Waals surface area contributed by atoms with Gasteiger partial charge in [0.25, 0.3) is 0 Å². The molecule has 1 fully saturated rings. The zero-order valence-corrected chi connectivity index (χ0v) is 46.9. The Hall–Kier alpha value is -3.16. The van der Waals surface area contributed by atoms with Gasteiger partial charge < -0.3 is 45.1 Å². The van der Waals surface area contributed by atoms with Crippen molar-refractivity contribution < 1.29 is 49.3 Å². The average molecular weight is 1040 g/mol. The number of carbonyl (C=O) groups is 2. The largest absolute Gasteiger partial charge is 0.454 e. The van der Waals surface area contributed by atoms with Gasteiger partial charge >= 0.3 is 5.97 Å². The van der Waals surface area contributed by atoms with Gasteiger partial charge in [-0.05, 0) is 89.9 Å². The summed E-state index contributed by atoms with van der Waals surface area (Å²) in [6.07, 6.45) is 54.9. The molecule has 11 nitrogen and oxygen atoms in total. The monoisotopic (exact) mass is 1040 g/mol. The molecule has 1 saturated heterocycles. The van der Waals surface area contributed by atoms with Gasteiger partial charge in [0.15, 0.2) is 12.4 Å². The topological polar surface area (TPSA) is 175 Å². The van der Waals surface area contributed by atoms with Crippen LogP contribution in [0.1, 0.15) is 239 Å². The summed E-state index contributed by atoms with van der Waals surface area (Å²) >= 11 is 0. The van der Waals surface area contributed by atoms with Gasteiger partial charge in [0.2, 0.25) is 5.91 Å². The van der Waals surface area contributed by atoms with Crippen molar-refractivity contribution in [2.24, 2.45) is 0 Å². The molecule has 1 aliphatic rings. The number of allylic oxidation sites excluding steroid dienone is 13.